The Morgan fingerprint density at radius 1 is 1.08 bits per heavy atom. The molecular weight excluding hydrogens is 352 g/mol. The van der Waals surface area contributed by atoms with Gasteiger partial charge < -0.3 is 4.90 Å². The van der Waals surface area contributed by atoms with Crippen molar-refractivity contribution in [2.75, 3.05) is 13.1 Å². The summed E-state index contributed by atoms with van der Waals surface area (Å²) in [7, 11) is -3.54. The number of nitrogens with one attached hydrogen (secondary N) is 1. The number of piperidine rings is 1. The van der Waals surface area contributed by atoms with E-state index in [1.165, 1.54) is 30.6 Å². The van der Waals surface area contributed by atoms with Gasteiger partial charge in [0.1, 0.15) is 4.21 Å². The zero-order valence-corrected chi connectivity index (χ0v) is 15.7. The highest BCUT2D eigenvalue weighted by atomic mass is 32.2. The molecule has 2 aliphatic rings. The predicted octanol–water partition coefficient (Wildman–Crippen LogP) is 4.23. The van der Waals surface area contributed by atoms with Crippen LogP contribution in [0, 0.1) is 0 Å². The van der Waals surface area contributed by atoms with Gasteiger partial charge in [-0.1, -0.05) is 24.3 Å². The van der Waals surface area contributed by atoms with Crippen molar-refractivity contribution in [3.63, 3.8) is 0 Å². The highest BCUT2D eigenvalue weighted by Crippen LogP contribution is 2.30. The topological polar surface area (TPSA) is 49.4 Å². The van der Waals surface area contributed by atoms with E-state index in [4.69, 9.17) is 0 Å². The van der Waals surface area contributed by atoms with Crippen LogP contribution in [0.2, 0.25) is 0 Å². The molecule has 0 saturated carbocycles. The van der Waals surface area contributed by atoms with E-state index in [0.29, 0.717) is 4.21 Å². The second-order valence-corrected chi connectivity index (χ2v) is 9.55. The summed E-state index contributed by atoms with van der Waals surface area (Å²) in [6.07, 6.45) is 9.45. The minimum Gasteiger partial charge on any atom is -0.370 e. The van der Waals surface area contributed by atoms with Crippen LogP contribution >= 0.6 is 11.3 Å². The third kappa shape index (κ3) is 3.46. The summed E-state index contributed by atoms with van der Waals surface area (Å²) in [6.45, 7) is 2.02. The number of allylic oxidation sites excluding steroid dienone is 3. The SMILES string of the molecule is O=S(=O)(NC1=C(N2CCCCC2)C=CCC1)c1cc2ccccc2s1. The Bertz CT molecular complexity index is 902. The Kier molecular flexibility index (Phi) is 4.56. The standard InChI is InChI=1S/C19H22N2O2S2/c22-25(23,19-14-15-8-2-5-11-18(15)24-19)20-16-9-3-4-10-17(16)21-12-6-1-7-13-21/h2,4-5,8,10-11,14,20H,1,3,6-7,9,12-13H2. The Balaban J connectivity index is 1.65. The number of fused-ring (bicyclic) bond motifs is 1. The molecule has 1 aliphatic carbocycles. The van der Waals surface area contributed by atoms with Gasteiger partial charge in [-0.05, 0) is 55.7 Å². The highest BCUT2D eigenvalue weighted by Gasteiger charge is 2.23. The molecule has 0 unspecified atom stereocenters. The molecule has 2 heterocycles. The van der Waals surface area contributed by atoms with E-state index in [1.807, 2.05) is 24.3 Å². The lowest BCUT2D eigenvalue weighted by atomic mass is 10.0. The zero-order chi connectivity index (χ0) is 17.3. The summed E-state index contributed by atoms with van der Waals surface area (Å²) in [5, 5.41) is 0.974. The Hall–Kier alpha value is -1.79. The van der Waals surface area contributed by atoms with E-state index >= 15 is 0 Å². The van der Waals surface area contributed by atoms with Crippen LogP contribution < -0.4 is 4.72 Å². The molecule has 1 N–H and O–H groups in total. The smallest absolute Gasteiger partial charge is 0.271 e. The van der Waals surface area contributed by atoms with Crippen molar-refractivity contribution in [3.8, 4) is 0 Å². The van der Waals surface area contributed by atoms with Crippen molar-refractivity contribution in [2.45, 2.75) is 36.3 Å². The summed E-state index contributed by atoms with van der Waals surface area (Å²) in [4.78, 5) is 2.32. The maximum absolute atomic E-state index is 12.9. The number of sulfonamides is 1. The number of likely N-dealkylation sites (tertiary alicyclic amines) is 1. The summed E-state index contributed by atoms with van der Waals surface area (Å²) in [6, 6.07) is 9.54. The van der Waals surface area contributed by atoms with Crippen LogP contribution in [-0.4, -0.2) is 26.4 Å². The molecule has 4 rings (SSSR count). The summed E-state index contributed by atoms with van der Waals surface area (Å²) >= 11 is 1.32. The van der Waals surface area contributed by atoms with Crippen molar-refractivity contribution in [2.24, 2.45) is 0 Å². The fourth-order valence-electron chi connectivity index (χ4n) is 3.49. The molecule has 4 nitrogen and oxygen atoms in total. The molecule has 0 atom stereocenters. The molecule has 0 amide bonds. The molecule has 0 radical (unpaired) electrons. The first kappa shape index (κ1) is 16.7. The highest BCUT2D eigenvalue weighted by molar-refractivity contribution is 7.91. The molecule has 132 valence electrons. The van der Waals surface area contributed by atoms with Crippen molar-refractivity contribution >= 4 is 31.4 Å². The van der Waals surface area contributed by atoms with Crippen LogP contribution in [0.1, 0.15) is 32.1 Å². The second kappa shape index (κ2) is 6.84. The zero-order valence-electron chi connectivity index (χ0n) is 14.1. The lowest BCUT2D eigenvalue weighted by Gasteiger charge is -2.33. The van der Waals surface area contributed by atoms with Gasteiger partial charge >= 0.3 is 0 Å². The molecule has 1 fully saturated rings. The minimum atomic E-state index is -3.54. The van der Waals surface area contributed by atoms with Crippen LogP contribution in [-0.2, 0) is 10.0 Å². The normalized spacial score (nSPS) is 18.8. The quantitative estimate of drug-likeness (QED) is 0.871. The summed E-state index contributed by atoms with van der Waals surface area (Å²) in [5.74, 6) is 0. The molecule has 0 spiro atoms. The molecule has 1 aromatic heterocycles. The van der Waals surface area contributed by atoms with Crippen LogP contribution in [0.3, 0.4) is 0 Å². The van der Waals surface area contributed by atoms with Crippen molar-refractivity contribution in [1.82, 2.24) is 9.62 Å². The van der Waals surface area contributed by atoms with Gasteiger partial charge in [-0.2, -0.15) is 0 Å². The summed E-state index contributed by atoms with van der Waals surface area (Å²) < 4.78 is 30.1. The van der Waals surface area contributed by atoms with E-state index < -0.39 is 10.0 Å². The molecule has 6 heteroatoms. The van der Waals surface area contributed by atoms with E-state index in [9.17, 15) is 8.42 Å². The van der Waals surface area contributed by atoms with Crippen LogP contribution in [0.25, 0.3) is 10.1 Å². The Labute approximate surface area is 152 Å². The van der Waals surface area contributed by atoms with Crippen LogP contribution in [0.5, 0.6) is 0 Å². The molecular formula is C19H22N2O2S2. The van der Waals surface area contributed by atoms with Gasteiger partial charge in [0.2, 0.25) is 0 Å². The van der Waals surface area contributed by atoms with E-state index in [2.05, 4.69) is 21.8 Å². The predicted molar refractivity (Wildman–Crippen MR) is 103 cm³/mol. The van der Waals surface area contributed by atoms with Gasteiger partial charge in [-0.25, -0.2) is 8.42 Å². The number of rotatable bonds is 4. The molecule has 25 heavy (non-hydrogen) atoms. The van der Waals surface area contributed by atoms with Gasteiger partial charge in [-0.15, -0.1) is 11.3 Å². The largest absolute Gasteiger partial charge is 0.370 e. The third-order valence-corrected chi connectivity index (χ3v) is 7.75. The van der Waals surface area contributed by atoms with E-state index in [1.54, 1.807) is 6.07 Å². The molecule has 1 aromatic carbocycles. The van der Waals surface area contributed by atoms with E-state index in [0.717, 1.165) is 47.4 Å². The lowest BCUT2D eigenvalue weighted by molar-refractivity contribution is 0.288. The number of thiophene rings is 1. The lowest BCUT2D eigenvalue weighted by Crippen LogP contribution is -2.33. The van der Waals surface area contributed by atoms with Gasteiger partial charge in [0.25, 0.3) is 10.0 Å². The molecule has 1 saturated heterocycles. The second-order valence-electron chi connectivity index (χ2n) is 6.56. The number of benzene rings is 1. The molecule has 2 aromatic rings. The first-order valence-electron chi connectivity index (χ1n) is 8.79. The van der Waals surface area contributed by atoms with Crippen LogP contribution in [0.15, 0.2) is 58.1 Å². The van der Waals surface area contributed by atoms with Gasteiger partial charge in [0, 0.05) is 23.5 Å². The van der Waals surface area contributed by atoms with Crippen LogP contribution in [0.4, 0.5) is 0 Å². The van der Waals surface area contributed by atoms with Crippen molar-refractivity contribution < 1.29 is 8.42 Å². The van der Waals surface area contributed by atoms with Crippen molar-refractivity contribution in [1.29, 1.82) is 0 Å². The Morgan fingerprint density at radius 2 is 1.88 bits per heavy atom. The minimum absolute atomic E-state index is 0.383. The third-order valence-electron chi connectivity index (χ3n) is 4.77. The maximum atomic E-state index is 12.9. The first-order chi connectivity index (χ1) is 12.1. The monoisotopic (exact) mass is 374 g/mol. The maximum Gasteiger partial charge on any atom is 0.271 e. The molecule has 0 bridgehead atoms. The average Bonchev–Trinajstić information content (AvgIpc) is 3.08. The fraction of sp³-hybridized carbons (Fsp3) is 0.368. The van der Waals surface area contributed by atoms with E-state index in [-0.39, 0.29) is 0 Å². The summed E-state index contributed by atoms with van der Waals surface area (Å²) in [5.41, 5.74) is 1.89. The average molecular weight is 375 g/mol. The first-order valence-corrected chi connectivity index (χ1v) is 11.1. The van der Waals surface area contributed by atoms with Gasteiger partial charge in [0.05, 0.1) is 5.70 Å². The number of nitrogens with zero attached hydrogens (tertiary/aromatic N) is 1. The number of hydrogen-bond acceptors (Lipinski definition) is 4. The van der Waals surface area contributed by atoms with Gasteiger partial charge in [-0.3, -0.25) is 4.72 Å². The Morgan fingerprint density at radius 3 is 2.68 bits per heavy atom. The number of hydrogen-bond donors (Lipinski definition) is 1. The fourth-order valence-corrected chi connectivity index (χ4v) is 6.03. The molecule has 1 aliphatic heterocycles. The van der Waals surface area contributed by atoms with Gasteiger partial charge in [0.15, 0.2) is 0 Å². The van der Waals surface area contributed by atoms with Crippen molar-refractivity contribution in [3.05, 3.63) is 53.9 Å².